The number of ether oxygens (including phenoxy) is 2. The first-order valence-electron chi connectivity index (χ1n) is 9.92. The van der Waals surface area contributed by atoms with Crippen molar-refractivity contribution in [3.63, 3.8) is 0 Å². The van der Waals surface area contributed by atoms with Crippen molar-refractivity contribution in [3.8, 4) is 0 Å². The molecule has 1 aromatic heterocycles. The topological polar surface area (TPSA) is 88.1 Å². The lowest BCUT2D eigenvalue weighted by Crippen LogP contribution is -2.47. The number of aromatic nitrogens is 1. The summed E-state index contributed by atoms with van der Waals surface area (Å²) in [5.41, 5.74) is 0.877. The number of nitrogens with zero attached hydrogens (tertiary/aromatic N) is 3. The number of rotatable bonds is 9. The Labute approximate surface area is 190 Å². The van der Waals surface area contributed by atoms with E-state index >= 15 is 0 Å². The zero-order valence-corrected chi connectivity index (χ0v) is 20.0. The zero-order valence-electron chi connectivity index (χ0n) is 17.6. The van der Waals surface area contributed by atoms with E-state index in [0.717, 1.165) is 57.2 Å². The first-order valence-corrected chi connectivity index (χ1v) is 9.92. The highest BCUT2D eigenvalue weighted by Gasteiger charge is 2.21. The maximum Gasteiger partial charge on any atom is 0.227 e. The third kappa shape index (κ3) is 9.72. The van der Waals surface area contributed by atoms with Gasteiger partial charge in [-0.2, -0.15) is 0 Å². The van der Waals surface area contributed by atoms with E-state index in [1.807, 2.05) is 19.1 Å². The lowest BCUT2D eigenvalue weighted by molar-refractivity contribution is -0.116. The van der Waals surface area contributed by atoms with Crippen molar-refractivity contribution in [2.45, 2.75) is 38.7 Å². The van der Waals surface area contributed by atoms with Gasteiger partial charge in [0.15, 0.2) is 5.96 Å². The molecule has 1 fully saturated rings. The van der Waals surface area contributed by atoms with Gasteiger partial charge in [0.05, 0.1) is 6.10 Å². The van der Waals surface area contributed by atoms with Crippen molar-refractivity contribution in [1.29, 1.82) is 0 Å². The largest absolute Gasteiger partial charge is 0.385 e. The lowest BCUT2D eigenvalue weighted by atomic mass is 10.1. The number of aliphatic imine (C=N–C) groups is 1. The van der Waals surface area contributed by atoms with Gasteiger partial charge in [-0.15, -0.1) is 24.0 Å². The van der Waals surface area contributed by atoms with Gasteiger partial charge in [-0.1, -0.05) is 6.07 Å². The monoisotopic (exact) mass is 519 g/mol. The number of hydrogen-bond acceptors (Lipinski definition) is 5. The van der Waals surface area contributed by atoms with E-state index in [1.165, 1.54) is 0 Å². The van der Waals surface area contributed by atoms with E-state index < -0.39 is 0 Å². The Balaban J connectivity index is 0.00000420. The number of methoxy groups -OCH3 is 1. The van der Waals surface area contributed by atoms with Crippen LogP contribution in [0.4, 0.5) is 5.82 Å². The number of carbonyl (C=O) groups is 1. The molecular weight excluding hydrogens is 485 g/mol. The highest BCUT2D eigenvalue weighted by molar-refractivity contribution is 14.0. The van der Waals surface area contributed by atoms with Gasteiger partial charge in [-0.05, 0) is 38.3 Å². The average molecular weight is 519 g/mol. The van der Waals surface area contributed by atoms with Crippen molar-refractivity contribution >= 4 is 41.7 Å². The Morgan fingerprint density at radius 1 is 1.31 bits per heavy atom. The van der Waals surface area contributed by atoms with Gasteiger partial charge in [-0.25, -0.2) is 4.98 Å². The molecule has 0 unspecified atom stereocenters. The number of nitrogens with one attached hydrogen (secondary N) is 2. The molecular formula is C20H34IN5O3. The number of halogens is 1. The second-order valence-corrected chi connectivity index (χ2v) is 6.84. The molecule has 0 aromatic carbocycles. The van der Waals surface area contributed by atoms with Crippen LogP contribution in [0.1, 0.15) is 31.4 Å². The van der Waals surface area contributed by atoms with Crippen molar-refractivity contribution in [1.82, 2.24) is 15.2 Å². The minimum atomic E-state index is -0.0655. The maximum absolute atomic E-state index is 12.1. The van der Waals surface area contributed by atoms with Gasteiger partial charge in [0, 0.05) is 59.1 Å². The van der Waals surface area contributed by atoms with Crippen LogP contribution in [0.25, 0.3) is 0 Å². The van der Waals surface area contributed by atoms with Gasteiger partial charge in [-0.3, -0.25) is 9.79 Å². The summed E-state index contributed by atoms with van der Waals surface area (Å²) < 4.78 is 10.9. The number of carbonyl (C=O) groups excluding carboxylic acids is 1. The molecule has 0 radical (unpaired) electrons. The summed E-state index contributed by atoms with van der Waals surface area (Å²) in [4.78, 5) is 22.9. The fourth-order valence-electron chi connectivity index (χ4n) is 3.13. The van der Waals surface area contributed by atoms with Gasteiger partial charge in [0.2, 0.25) is 5.91 Å². The van der Waals surface area contributed by atoms with E-state index in [-0.39, 0.29) is 29.9 Å². The van der Waals surface area contributed by atoms with Crippen molar-refractivity contribution in [2.24, 2.45) is 4.99 Å². The second kappa shape index (κ2) is 14.5. The van der Waals surface area contributed by atoms with Crippen LogP contribution in [0.3, 0.4) is 0 Å². The number of guanidine groups is 1. The van der Waals surface area contributed by atoms with E-state index in [0.29, 0.717) is 24.9 Å². The molecule has 1 aliphatic heterocycles. The van der Waals surface area contributed by atoms with E-state index in [2.05, 4.69) is 25.5 Å². The number of pyridine rings is 1. The molecule has 1 aliphatic rings. The summed E-state index contributed by atoms with van der Waals surface area (Å²) in [5, 5.41) is 6.10. The highest BCUT2D eigenvalue weighted by Crippen LogP contribution is 2.14. The Kier molecular flexibility index (Phi) is 12.8. The predicted molar refractivity (Wildman–Crippen MR) is 126 cm³/mol. The first kappa shape index (κ1) is 25.6. The Morgan fingerprint density at radius 3 is 2.72 bits per heavy atom. The number of aryl methyl sites for hydroxylation is 1. The second-order valence-electron chi connectivity index (χ2n) is 6.84. The molecule has 8 nitrogen and oxygen atoms in total. The fourth-order valence-corrected chi connectivity index (χ4v) is 3.13. The quantitative estimate of drug-likeness (QED) is 0.226. The van der Waals surface area contributed by atoms with E-state index in [4.69, 9.17) is 9.47 Å². The Morgan fingerprint density at radius 2 is 2.07 bits per heavy atom. The maximum atomic E-state index is 12.1. The summed E-state index contributed by atoms with van der Waals surface area (Å²) in [6.07, 6.45) is 3.55. The number of anilines is 1. The van der Waals surface area contributed by atoms with Crippen LogP contribution >= 0.6 is 24.0 Å². The summed E-state index contributed by atoms with van der Waals surface area (Å²) in [7, 11) is 3.48. The molecule has 0 spiro atoms. The van der Waals surface area contributed by atoms with Gasteiger partial charge < -0.3 is 25.0 Å². The average Bonchev–Trinajstić information content (AvgIpc) is 2.69. The summed E-state index contributed by atoms with van der Waals surface area (Å²) >= 11 is 0. The smallest absolute Gasteiger partial charge is 0.227 e. The number of piperidine rings is 1. The lowest BCUT2D eigenvalue weighted by Gasteiger charge is -2.34. The Bertz CT molecular complexity index is 636. The SMILES string of the molecule is CN=C(NCCC(=O)Nc1cccc(C)n1)N1CCC(OCCCOC)CC1.I. The molecule has 29 heavy (non-hydrogen) atoms. The van der Waals surface area contributed by atoms with Crippen LogP contribution in [-0.2, 0) is 14.3 Å². The molecule has 0 bridgehead atoms. The highest BCUT2D eigenvalue weighted by atomic mass is 127. The van der Waals surface area contributed by atoms with Crippen LogP contribution in [0.5, 0.6) is 0 Å². The third-order valence-electron chi connectivity index (χ3n) is 4.59. The molecule has 0 aliphatic carbocycles. The minimum Gasteiger partial charge on any atom is -0.385 e. The molecule has 9 heteroatoms. The molecule has 2 rings (SSSR count). The standard InChI is InChI=1S/C20H33N5O3.HI/c1-16-6-4-7-18(23-16)24-19(26)8-11-22-20(21-2)25-12-9-17(10-13-25)28-15-5-14-27-3;/h4,6-7,17H,5,8-15H2,1-3H3,(H,21,22)(H,23,24,26);1H. The van der Waals surface area contributed by atoms with Crippen molar-refractivity contribution < 1.29 is 14.3 Å². The summed E-state index contributed by atoms with van der Waals surface area (Å²) in [5.74, 6) is 1.35. The fraction of sp³-hybridized carbons (Fsp3) is 0.650. The molecule has 1 aromatic rings. The van der Waals surface area contributed by atoms with Crippen molar-refractivity contribution in [2.75, 3.05) is 52.3 Å². The van der Waals surface area contributed by atoms with Gasteiger partial charge >= 0.3 is 0 Å². The predicted octanol–water partition coefficient (Wildman–Crippen LogP) is 2.43. The number of amides is 1. The molecule has 2 heterocycles. The van der Waals surface area contributed by atoms with Crippen LogP contribution in [-0.4, -0.2) is 74.9 Å². The molecule has 0 saturated carbocycles. The third-order valence-corrected chi connectivity index (χ3v) is 4.59. The van der Waals surface area contributed by atoms with Crippen LogP contribution < -0.4 is 10.6 Å². The normalized spacial score (nSPS) is 15.0. The number of likely N-dealkylation sites (tertiary alicyclic amines) is 1. The van der Waals surface area contributed by atoms with E-state index in [9.17, 15) is 4.79 Å². The van der Waals surface area contributed by atoms with E-state index in [1.54, 1.807) is 20.2 Å². The number of hydrogen-bond donors (Lipinski definition) is 2. The minimum absolute atomic E-state index is 0. The Hall–Kier alpha value is -1.46. The first-order chi connectivity index (χ1) is 13.6. The molecule has 1 saturated heterocycles. The molecule has 164 valence electrons. The molecule has 1 amide bonds. The zero-order chi connectivity index (χ0) is 20.2. The van der Waals surface area contributed by atoms with Gasteiger partial charge in [0.25, 0.3) is 0 Å². The molecule has 0 atom stereocenters. The summed E-state index contributed by atoms with van der Waals surface area (Å²) in [6.45, 7) is 5.70. The van der Waals surface area contributed by atoms with Crippen LogP contribution in [0, 0.1) is 6.92 Å². The van der Waals surface area contributed by atoms with Gasteiger partial charge in [0.1, 0.15) is 5.82 Å². The molecule has 2 N–H and O–H groups in total. The van der Waals surface area contributed by atoms with Crippen LogP contribution in [0.2, 0.25) is 0 Å². The summed E-state index contributed by atoms with van der Waals surface area (Å²) in [6, 6.07) is 5.57. The van der Waals surface area contributed by atoms with Crippen LogP contribution in [0.15, 0.2) is 23.2 Å². The van der Waals surface area contributed by atoms with Crippen molar-refractivity contribution in [3.05, 3.63) is 23.9 Å².